The summed E-state index contributed by atoms with van der Waals surface area (Å²) in [5, 5.41) is 3.21. The zero-order chi connectivity index (χ0) is 21.3. The number of thiazole rings is 1. The highest BCUT2D eigenvalue weighted by Crippen LogP contribution is 2.30. The molecule has 0 radical (unpaired) electrons. The minimum Gasteiger partial charge on any atom is -0.302 e. The fourth-order valence-corrected chi connectivity index (χ4v) is 4.20. The van der Waals surface area contributed by atoms with E-state index in [1.54, 1.807) is 36.4 Å². The number of rotatable bonds is 6. The first-order valence-electron chi connectivity index (χ1n) is 9.42. The van der Waals surface area contributed by atoms with Crippen molar-refractivity contribution in [1.82, 2.24) is 9.88 Å². The van der Waals surface area contributed by atoms with Crippen molar-refractivity contribution in [3.8, 4) is 11.3 Å². The van der Waals surface area contributed by atoms with Gasteiger partial charge in [-0.25, -0.2) is 9.37 Å². The molecule has 6 nitrogen and oxygen atoms in total. The lowest BCUT2D eigenvalue weighted by Gasteiger charge is -2.13. The summed E-state index contributed by atoms with van der Waals surface area (Å²) in [6.07, 6.45) is 0.504. The molecule has 0 saturated heterocycles. The van der Waals surface area contributed by atoms with Crippen LogP contribution in [0.25, 0.3) is 11.3 Å². The van der Waals surface area contributed by atoms with Gasteiger partial charge in [0.2, 0.25) is 5.91 Å². The number of fused-ring (bicyclic) bond motifs is 1. The van der Waals surface area contributed by atoms with E-state index in [4.69, 9.17) is 0 Å². The summed E-state index contributed by atoms with van der Waals surface area (Å²) < 4.78 is 13.1. The Bertz CT molecular complexity index is 1110. The molecule has 1 N–H and O–H groups in total. The third-order valence-electron chi connectivity index (χ3n) is 4.82. The Morgan fingerprint density at radius 1 is 1.07 bits per heavy atom. The second-order valence-electron chi connectivity index (χ2n) is 6.89. The molecular weight excluding hydrogens is 405 g/mol. The molecule has 2 heterocycles. The molecule has 0 saturated carbocycles. The van der Waals surface area contributed by atoms with E-state index < -0.39 is 0 Å². The van der Waals surface area contributed by atoms with Crippen molar-refractivity contribution in [2.45, 2.75) is 19.8 Å². The molecule has 3 aromatic rings. The third kappa shape index (κ3) is 3.86. The van der Waals surface area contributed by atoms with Crippen LogP contribution in [0.2, 0.25) is 0 Å². The number of carbonyl (C=O) groups is 3. The van der Waals surface area contributed by atoms with Crippen LogP contribution < -0.4 is 5.32 Å². The smallest absolute Gasteiger partial charge is 0.261 e. The number of hydrogen-bond acceptors (Lipinski definition) is 5. The van der Waals surface area contributed by atoms with E-state index >= 15 is 0 Å². The fourth-order valence-electron chi connectivity index (χ4n) is 3.35. The topological polar surface area (TPSA) is 79.4 Å². The number of aryl methyl sites for hydroxylation is 1. The van der Waals surface area contributed by atoms with Gasteiger partial charge in [0, 0.05) is 23.4 Å². The van der Waals surface area contributed by atoms with Crippen molar-refractivity contribution < 1.29 is 18.8 Å². The van der Waals surface area contributed by atoms with Crippen LogP contribution in [0.5, 0.6) is 0 Å². The van der Waals surface area contributed by atoms with Crippen molar-refractivity contribution in [1.29, 1.82) is 0 Å². The second-order valence-corrected chi connectivity index (χ2v) is 8.09. The highest BCUT2D eigenvalue weighted by atomic mass is 32.1. The first-order valence-corrected chi connectivity index (χ1v) is 10.2. The lowest BCUT2D eigenvalue weighted by Crippen LogP contribution is -2.31. The number of nitrogens with one attached hydrogen (secondary N) is 1. The first kappa shape index (κ1) is 19.9. The molecule has 30 heavy (non-hydrogen) atoms. The Balaban J connectivity index is 1.33. The van der Waals surface area contributed by atoms with E-state index in [1.165, 1.54) is 28.4 Å². The van der Waals surface area contributed by atoms with E-state index in [1.807, 2.05) is 6.92 Å². The minimum absolute atomic E-state index is 0.151. The Morgan fingerprint density at radius 2 is 1.70 bits per heavy atom. The van der Waals surface area contributed by atoms with Crippen LogP contribution in [-0.2, 0) is 4.79 Å². The number of carbonyl (C=O) groups excluding carboxylic acids is 3. The van der Waals surface area contributed by atoms with Gasteiger partial charge in [0.05, 0.1) is 16.8 Å². The molecule has 0 spiro atoms. The lowest BCUT2D eigenvalue weighted by atomic mass is 10.1. The highest BCUT2D eigenvalue weighted by molar-refractivity contribution is 7.16. The molecule has 0 unspecified atom stereocenters. The van der Waals surface area contributed by atoms with Gasteiger partial charge in [-0.2, -0.15) is 0 Å². The van der Waals surface area contributed by atoms with E-state index in [9.17, 15) is 18.8 Å². The predicted molar refractivity (Wildman–Crippen MR) is 112 cm³/mol. The minimum atomic E-state index is -0.324. The standard InChI is InChI=1S/C22H18FN3O3S/c1-13-19(14-8-10-15(23)11-9-14)25-22(30-13)24-18(27)7-4-12-26-20(28)16-5-2-3-6-17(16)21(26)29/h2-3,5-6,8-11H,4,7,12H2,1H3,(H,24,25,27). The number of imide groups is 1. The van der Waals surface area contributed by atoms with Gasteiger partial charge in [0.1, 0.15) is 5.82 Å². The van der Waals surface area contributed by atoms with Gasteiger partial charge in [0.15, 0.2) is 5.13 Å². The van der Waals surface area contributed by atoms with Crippen LogP contribution in [0, 0.1) is 12.7 Å². The Kier molecular flexibility index (Phi) is 5.41. The zero-order valence-electron chi connectivity index (χ0n) is 16.1. The van der Waals surface area contributed by atoms with Crippen LogP contribution in [0.1, 0.15) is 38.4 Å². The molecule has 2 aromatic carbocycles. The number of benzene rings is 2. The molecule has 1 aliphatic heterocycles. The molecule has 0 atom stereocenters. The summed E-state index contributed by atoms with van der Waals surface area (Å²) in [7, 11) is 0. The lowest BCUT2D eigenvalue weighted by molar-refractivity contribution is -0.116. The summed E-state index contributed by atoms with van der Waals surface area (Å²) >= 11 is 1.34. The van der Waals surface area contributed by atoms with Gasteiger partial charge in [-0.1, -0.05) is 12.1 Å². The Morgan fingerprint density at radius 3 is 2.33 bits per heavy atom. The Hall–Kier alpha value is -3.39. The van der Waals surface area contributed by atoms with Gasteiger partial charge in [-0.05, 0) is 49.7 Å². The van der Waals surface area contributed by atoms with E-state index in [2.05, 4.69) is 10.3 Å². The number of aromatic nitrogens is 1. The Labute approximate surface area is 176 Å². The number of hydrogen-bond donors (Lipinski definition) is 1. The summed E-state index contributed by atoms with van der Waals surface area (Å²) in [6.45, 7) is 2.06. The number of halogens is 1. The molecule has 1 aromatic heterocycles. The number of nitrogens with zero attached hydrogens (tertiary/aromatic N) is 2. The maximum atomic E-state index is 13.1. The molecule has 8 heteroatoms. The van der Waals surface area contributed by atoms with Crippen molar-refractivity contribution in [3.63, 3.8) is 0 Å². The highest BCUT2D eigenvalue weighted by Gasteiger charge is 2.34. The summed E-state index contributed by atoms with van der Waals surface area (Å²) in [5.74, 6) is -1.21. The van der Waals surface area contributed by atoms with Gasteiger partial charge in [0.25, 0.3) is 11.8 Å². The molecular formula is C22H18FN3O3S. The number of amides is 3. The van der Waals surface area contributed by atoms with Gasteiger partial charge in [-0.15, -0.1) is 11.3 Å². The van der Waals surface area contributed by atoms with Gasteiger partial charge in [-0.3, -0.25) is 19.3 Å². The average Bonchev–Trinajstić information content (AvgIpc) is 3.21. The summed E-state index contributed by atoms with van der Waals surface area (Å²) in [5.41, 5.74) is 2.27. The summed E-state index contributed by atoms with van der Waals surface area (Å²) in [6, 6.07) is 12.7. The van der Waals surface area contributed by atoms with Crippen LogP contribution in [-0.4, -0.2) is 34.2 Å². The predicted octanol–water partition coefficient (Wildman–Crippen LogP) is 4.27. The van der Waals surface area contributed by atoms with Crippen LogP contribution in [0.4, 0.5) is 9.52 Å². The van der Waals surface area contributed by atoms with Crippen LogP contribution in [0.3, 0.4) is 0 Å². The molecule has 0 aliphatic carbocycles. The molecule has 3 amide bonds. The maximum Gasteiger partial charge on any atom is 0.261 e. The van der Waals surface area contributed by atoms with Crippen molar-refractivity contribution >= 4 is 34.2 Å². The van der Waals surface area contributed by atoms with Crippen LogP contribution >= 0.6 is 11.3 Å². The van der Waals surface area contributed by atoms with Crippen LogP contribution in [0.15, 0.2) is 48.5 Å². The molecule has 1 aliphatic rings. The monoisotopic (exact) mass is 423 g/mol. The first-order chi connectivity index (χ1) is 14.4. The zero-order valence-corrected chi connectivity index (χ0v) is 17.0. The quantitative estimate of drug-likeness (QED) is 0.601. The molecule has 0 fully saturated rings. The van der Waals surface area contributed by atoms with Gasteiger partial charge < -0.3 is 5.32 Å². The summed E-state index contributed by atoms with van der Waals surface area (Å²) in [4.78, 5) is 43.5. The molecule has 4 rings (SSSR count). The second kappa shape index (κ2) is 8.16. The average molecular weight is 423 g/mol. The maximum absolute atomic E-state index is 13.1. The van der Waals surface area contributed by atoms with Crippen molar-refractivity contribution in [2.24, 2.45) is 0 Å². The molecule has 0 bridgehead atoms. The van der Waals surface area contributed by atoms with E-state index in [0.717, 1.165) is 10.4 Å². The SMILES string of the molecule is Cc1sc(NC(=O)CCCN2C(=O)c3ccccc3C2=O)nc1-c1ccc(F)cc1. The normalized spacial score (nSPS) is 12.9. The third-order valence-corrected chi connectivity index (χ3v) is 5.71. The molecule has 152 valence electrons. The van der Waals surface area contributed by atoms with E-state index in [-0.39, 0.29) is 36.5 Å². The van der Waals surface area contributed by atoms with Gasteiger partial charge >= 0.3 is 0 Å². The largest absolute Gasteiger partial charge is 0.302 e. The fraction of sp³-hybridized carbons (Fsp3) is 0.182. The van der Waals surface area contributed by atoms with Crippen molar-refractivity contribution in [2.75, 3.05) is 11.9 Å². The number of anilines is 1. The van der Waals surface area contributed by atoms with Crippen molar-refractivity contribution in [3.05, 3.63) is 70.4 Å². The van der Waals surface area contributed by atoms with E-state index in [0.29, 0.717) is 28.4 Å².